The maximum absolute atomic E-state index is 12.1. The zero-order valence-corrected chi connectivity index (χ0v) is 11.4. The van der Waals surface area contributed by atoms with E-state index in [0.29, 0.717) is 17.2 Å². The number of pyridine rings is 1. The summed E-state index contributed by atoms with van der Waals surface area (Å²) in [5, 5.41) is 5.90. The van der Waals surface area contributed by atoms with E-state index in [9.17, 15) is 9.59 Å². The highest BCUT2D eigenvalue weighted by Gasteiger charge is 2.24. The Hall–Kier alpha value is -1.91. The van der Waals surface area contributed by atoms with E-state index >= 15 is 0 Å². The number of carbonyl (C=O) groups is 2. The van der Waals surface area contributed by atoms with Crippen molar-refractivity contribution in [2.75, 3.05) is 0 Å². The molecule has 5 heteroatoms. The minimum atomic E-state index is -0.143. The van der Waals surface area contributed by atoms with Crippen LogP contribution in [0.5, 0.6) is 0 Å². The van der Waals surface area contributed by atoms with Crippen LogP contribution in [-0.4, -0.2) is 28.9 Å². The number of nitrogens with zero attached hydrogens (tertiary/aromatic N) is 1. The summed E-state index contributed by atoms with van der Waals surface area (Å²) in [6.45, 7) is 0. The van der Waals surface area contributed by atoms with Crippen molar-refractivity contribution in [1.29, 1.82) is 0 Å². The molecule has 2 saturated carbocycles. The molecule has 5 nitrogen and oxygen atoms in total. The first kappa shape index (κ1) is 13.1. The molecule has 3 rings (SSSR count). The molecular weight excluding hydrogens is 254 g/mol. The quantitative estimate of drug-likeness (QED) is 0.876. The fourth-order valence-corrected chi connectivity index (χ4v) is 2.52. The van der Waals surface area contributed by atoms with Gasteiger partial charge in [0.25, 0.3) is 11.8 Å². The van der Waals surface area contributed by atoms with Gasteiger partial charge in [0.05, 0.1) is 11.1 Å². The van der Waals surface area contributed by atoms with Crippen molar-refractivity contribution >= 4 is 11.8 Å². The second kappa shape index (κ2) is 5.61. The third-order valence-electron chi connectivity index (χ3n) is 3.87. The highest BCUT2D eigenvalue weighted by atomic mass is 16.2. The lowest BCUT2D eigenvalue weighted by Gasteiger charge is -2.12. The summed E-state index contributed by atoms with van der Waals surface area (Å²) in [7, 11) is 0. The number of amides is 2. The number of hydrogen-bond acceptors (Lipinski definition) is 3. The van der Waals surface area contributed by atoms with Gasteiger partial charge in [-0.05, 0) is 31.7 Å². The molecule has 0 atom stereocenters. The summed E-state index contributed by atoms with van der Waals surface area (Å²) in [6, 6.07) is 2.19. The van der Waals surface area contributed by atoms with Gasteiger partial charge in [-0.25, -0.2) is 0 Å². The first-order valence-corrected chi connectivity index (χ1v) is 7.29. The lowest BCUT2D eigenvalue weighted by atomic mass is 10.1. The van der Waals surface area contributed by atoms with Crippen molar-refractivity contribution in [2.45, 2.75) is 50.6 Å². The van der Waals surface area contributed by atoms with Crippen molar-refractivity contribution in [1.82, 2.24) is 15.6 Å². The van der Waals surface area contributed by atoms with Crippen LogP contribution in [0.1, 0.15) is 59.2 Å². The first-order chi connectivity index (χ1) is 9.72. The van der Waals surface area contributed by atoms with Crippen LogP contribution in [0.2, 0.25) is 0 Å². The molecule has 2 N–H and O–H groups in total. The van der Waals surface area contributed by atoms with Crippen LogP contribution in [0, 0.1) is 0 Å². The molecule has 2 amide bonds. The largest absolute Gasteiger partial charge is 0.349 e. The second-order valence-electron chi connectivity index (χ2n) is 5.66. The lowest BCUT2D eigenvalue weighted by molar-refractivity contribution is 0.0937. The lowest BCUT2D eigenvalue weighted by Crippen LogP contribution is -2.33. The van der Waals surface area contributed by atoms with Crippen molar-refractivity contribution in [3.8, 4) is 0 Å². The average molecular weight is 273 g/mol. The van der Waals surface area contributed by atoms with Crippen LogP contribution >= 0.6 is 0 Å². The predicted octanol–water partition coefficient (Wildman–Crippen LogP) is 1.65. The number of hydrogen-bond donors (Lipinski definition) is 2. The van der Waals surface area contributed by atoms with E-state index in [1.54, 1.807) is 6.07 Å². The van der Waals surface area contributed by atoms with E-state index in [0.717, 1.165) is 25.7 Å². The molecule has 0 unspecified atom stereocenters. The summed E-state index contributed by atoms with van der Waals surface area (Å²) in [5.41, 5.74) is 0.913. The topological polar surface area (TPSA) is 71.1 Å². The third-order valence-corrected chi connectivity index (χ3v) is 3.87. The second-order valence-corrected chi connectivity index (χ2v) is 5.66. The summed E-state index contributed by atoms with van der Waals surface area (Å²) in [6.07, 6.45) is 9.53. The maximum atomic E-state index is 12.1. The Labute approximate surface area is 118 Å². The van der Waals surface area contributed by atoms with E-state index in [1.807, 2.05) is 0 Å². The van der Waals surface area contributed by atoms with E-state index in [2.05, 4.69) is 15.6 Å². The van der Waals surface area contributed by atoms with E-state index in [1.165, 1.54) is 25.2 Å². The Bertz CT molecular complexity index is 520. The van der Waals surface area contributed by atoms with Crippen molar-refractivity contribution in [3.05, 3.63) is 29.6 Å². The predicted molar refractivity (Wildman–Crippen MR) is 74.4 cm³/mol. The van der Waals surface area contributed by atoms with Gasteiger partial charge in [-0.2, -0.15) is 0 Å². The zero-order chi connectivity index (χ0) is 13.9. The smallest absolute Gasteiger partial charge is 0.253 e. The monoisotopic (exact) mass is 273 g/mol. The van der Waals surface area contributed by atoms with Crippen molar-refractivity contribution in [3.63, 3.8) is 0 Å². The molecule has 2 aliphatic rings. The Morgan fingerprint density at radius 3 is 1.90 bits per heavy atom. The summed E-state index contributed by atoms with van der Waals surface area (Å²) in [5.74, 6) is -0.277. The van der Waals surface area contributed by atoms with Gasteiger partial charge in [0.2, 0.25) is 0 Å². The van der Waals surface area contributed by atoms with Crippen molar-refractivity contribution in [2.24, 2.45) is 0 Å². The molecule has 0 radical (unpaired) electrons. The van der Waals surface area contributed by atoms with E-state index in [4.69, 9.17) is 0 Å². The number of carbonyl (C=O) groups excluding carboxylic acids is 2. The van der Waals surface area contributed by atoms with Crippen LogP contribution in [0.3, 0.4) is 0 Å². The fraction of sp³-hybridized carbons (Fsp3) is 0.533. The molecule has 2 fully saturated rings. The van der Waals surface area contributed by atoms with Gasteiger partial charge in [-0.3, -0.25) is 14.6 Å². The molecule has 0 aliphatic heterocycles. The van der Waals surface area contributed by atoms with Crippen LogP contribution in [0.15, 0.2) is 18.5 Å². The Balaban J connectivity index is 1.66. The minimum absolute atomic E-state index is 0.134. The molecule has 106 valence electrons. The van der Waals surface area contributed by atoms with Gasteiger partial charge < -0.3 is 10.6 Å². The normalized spacial score (nSPS) is 18.8. The number of nitrogens with one attached hydrogen (secondary N) is 2. The minimum Gasteiger partial charge on any atom is -0.349 e. The summed E-state index contributed by atoms with van der Waals surface area (Å²) >= 11 is 0. The summed E-state index contributed by atoms with van der Waals surface area (Å²) in [4.78, 5) is 28.1. The van der Waals surface area contributed by atoms with E-state index in [-0.39, 0.29) is 17.9 Å². The Kier molecular flexibility index (Phi) is 3.67. The fourth-order valence-electron chi connectivity index (χ4n) is 2.52. The van der Waals surface area contributed by atoms with Crippen LogP contribution < -0.4 is 10.6 Å². The molecule has 0 aromatic carbocycles. The molecule has 1 aromatic rings. The highest BCUT2D eigenvalue weighted by molar-refractivity contribution is 5.99. The summed E-state index contributed by atoms with van der Waals surface area (Å²) < 4.78 is 0. The van der Waals surface area contributed by atoms with Crippen LogP contribution in [-0.2, 0) is 0 Å². The van der Waals surface area contributed by atoms with Gasteiger partial charge in [0, 0.05) is 24.5 Å². The first-order valence-electron chi connectivity index (χ1n) is 7.29. The molecule has 1 heterocycles. The van der Waals surface area contributed by atoms with Crippen LogP contribution in [0.4, 0.5) is 0 Å². The maximum Gasteiger partial charge on any atom is 0.253 e. The van der Waals surface area contributed by atoms with Crippen LogP contribution in [0.25, 0.3) is 0 Å². The zero-order valence-electron chi connectivity index (χ0n) is 11.4. The van der Waals surface area contributed by atoms with Gasteiger partial charge in [-0.1, -0.05) is 12.8 Å². The van der Waals surface area contributed by atoms with E-state index < -0.39 is 0 Å². The Morgan fingerprint density at radius 1 is 0.900 bits per heavy atom. The Morgan fingerprint density at radius 2 is 1.40 bits per heavy atom. The van der Waals surface area contributed by atoms with Gasteiger partial charge in [-0.15, -0.1) is 0 Å². The number of aromatic nitrogens is 1. The molecule has 0 bridgehead atoms. The molecule has 20 heavy (non-hydrogen) atoms. The molecule has 0 spiro atoms. The van der Waals surface area contributed by atoms with Crippen molar-refractivity contribution < 1.29 is 9.59 Å². The van der Waals surface area contributed by atoms with Gasteiger partial charge in [0.15, 0.2) is 0 Å². The average Bonchev–Trinajstić information content (AvgIpc) is 3.12. The molecule has 0 saturated heterocycles. The number of rotatable bonds is 4. The standard InChI is InChI=1S/C15H19N3O2/c19-14(17-12-3-1-2-4-12)10-7-11(9-16-8-10)15(20)18-13-5-6-13/h7-9,12-13H,1-6H2,(H,17,19)(H,18,20). The molecule has 1 aromatic heterocycles. The third kappa shape index (κ3) is 3.15. The molecule has 2 aliphatic carbocycles. The SMILES string of the molecule is O=C(NC1CCCC1)c1cncc(C(=O)NC2CC2)c1. The van der Waals surface area contributed by atoms with Gasteiger partial charge in [0.1, 0.15) is 0 Å². The highest BCUT2D eigenvalue weighted by Crippen LogP contribution is 2.20. The molecular formula is C15H19N3O2. The van der Waals surface area contributed by atoms with Gasteiger partial charge >= 0.3 is 0 Å².